The number of allylic oxidation sites excluding steroid dienone is 2. The Morgan fingerprint density at radius 2 is 1.62 bits per heavy atom. The van der Waals surface area contributed by atoms with E-state index in [2.05, 4.69) is 0 Å². The van der Waals surface area contributed by atoms with Gasteiger partial charge in [-0.3, -0.25) is 9.59 Å². The number of carbonyl (C=O) groups excluding carboxylic acids is 1. The molecule has 2 aromatic carbocycles. The van der Waals surface area contributed by atoms with Crippen molar-refractivity contribution in [1.29, 1.82) is 0 Å². The van der Waals surface area contributed by atoms with Gasteiger partial charge in [0.05, 0.1) is 32.3 Å². The SMILES string of the molecule is COc1ccc(-c2oc3c(CC=C(C)C)c(O)cc(O)c3c(=O)c2O[C@H]2O[C@H](C)[C@H](OC(C)=O)[C@@H](CO[C@H]3O[C@H](CO)[C@@H](O)[C@H](O)[C@H]3O)[C@H]2O)cc1. The van der Waals surface area contributed by atoms with Gasteiger partial charge in [-0.2, -0.15) is 0 Å². The van der Waals surface area contributed by atoms with Crippen LogP contribution in [0, 0.1) is 5.92 Å². The van der Waals surface area contributed by atoms with Gasteiger partial charge in [0.25, 0.3) is 0 Å². The molecule has 16 nitrogen and oxygen atoms in total. The average molecular weight is 733 g/mol. The molecule has 2 saturated heterocycles. The number of fused-ring (bicyclic) bond motifs is 1. The molecular weight excluding hydrogens is 688 g/mol. The number of aromatic hydroxyl groups is 2. The Kier molecular flexibility index (Phi) is 12.1. The lowest BCUT2D eigenvalue weighted by Crippen LogP contribution is -2.61. The van der Waals surface area contributed by atoms with Crippen molar-refractivity contribution in [3.63, 3.8) is 0 Å². The van der Waals surface area contributed by atoms with Gasteiger partial charge < -0.3 is 68.6 Å². The van der Waals surface area contributed by atoms with E-state index in [-0.39, 0.29) is 34.5 Å². The summed E-state index contributed by atoms with van der Waals surface area (Å²) in [6, 6.07) is 7.41. The summed E-state index contributed by atoms with van der Waals surface area (Å²) < 4.78 is 40.2. The van der Waals surface area contributed by atoms with Crippen LogP contribution < -0.4 is 14.9 Å². The Hall–Kier alpha value is -4.26. The van der Waals surface area contributed by atoms with E-state index < -0.39 is 97.3 Å². The predicted molar refractivity (Wildman–Crippen MR) is 181 cm³/mol. The Morgan fingerprint density at radius 1 is 0.923 bits per heavy atom. The molecule has 0 aliphatic carbocycles. The average Bonchev–Trinajstić information content (AvgIpc) is 3.10. The molecule has 52 heavy (non-hydrogen) atoms. The molecule has 0 radical (unpaired) electrons. The summed E-state index contributed by atoms with van der Waals surface area (Å²) in [6.07, 6.45) is -11.5. The molecule has 5 rings (SSSR count). The maximum absolute atomic E-state index is 14.3. The highest BCUT2D eigenvalue weighted by molar-refractivity contribution is 5.91. The number of hydrogen-bond acceptors (Lipinski definition) is 16. The Bertz CT molecular complexity index is 1810. The van der Waals surface area contributed by atoms with Crippen molar-refractivity contribution >= 4 is 16.9 Å². The van der Waals surface area contributed by atoms with Crippen molar-refractivity contribution in [2.24, 2.45) is 5.92 Å². The summed E-state index contributed by atoms with van der Waals surface area (Å²) in [7, 11) is 1.48. The van der Waals surface area contributed by atoms with Crippen molar-refractivity contribution in [3.8, 4) is 34.3 Å². The molecule has 16 heteroatoms. The largest absolute Gasteiger partial charge is 0.507 e. The van der Waals surface area contributed by atoms with Crippen molar-refractivity contribution in [1.82, 2.24) is 0 Å². The molecule has 0 unspecified atom stereocenters. The van der Waals surface area contributed by atoms with E-state index in [0.717, 1.165) is 18.6 Å². The standard InChI is InChI=1S/C36H44O16/c1-15(2)6-11-20-22(39)12-23(40)25-28(43)34(32(51-33(20)25)18-7-9-19(46-5)10-8-18)52-36-26(41)21(31(16(3)48-36)49-17(4)38)14-47-35-30(45)29(44)27(42)24(13-37)50-35/h6-10,12,16,21,24,26-27,29-31,35-37,39-42,44-45H,11,13-14H2,1-5H3/t16-,21+,24-,26-,27-,29+,30-,31+,35+,36-/m1/s1. The molecule has 284 valence electrons. The number of methoxy groups -OCH3 is 1. The number of benzene rings is 2. The van der Waals surface area contributed by atoms with E-state index in [4.69, 9.17) is 32.8 Å². The molecule has 2 fully saturated rings. The Morgan fingerprint density at radius 3 is 2.23 bits per heavy atom. The second kappa shape index (κ2) is 16.2. The molecule has 2 aliphatic heterocycles. The van der Waals surface area contributed by atoms with E-state index in [1.54, 1.807) is 24.3 Å². The van der Waals surface area contributed by atoms with Crippen LogP contribution in [-0.2, 0) is 30.2 Å². The maximum Gasteiger partial charge on any atom is 0.303 e. The second-order valence-electron chi connectivity index (χ2n) is 13.0. The minimum atomic E-state index is -1.76. The van der Waals surface area contributed by atoms with Gasteiger partial charge in [0.2, 0.25) is 17.5 Å². The summed E-state index contributed by atoms with van der Waals surface area (Å²) in [5.41, 5.74) is 0.516. The summed E-state index contributed by atoms with van der Waals surface area (Å²) >= 11 is 0. The molecule has 2 aliphatic rings. The molecular formula is C36H44O16. The molecule has 3 heterocycles. The van der Waals surface area contributed by atoms with Crippen molar-refractivity contribution in [2.75, 3.05) is 20.3 Å². The van der Waals surface area contributed by atoms with E-state index in [1.165, 1.54) is 14.0 Å². The van der Waals surface area contributed by atoms with Crippen molar-refractivity contribution in [3.05, 3.63) is 57.8 Å². The summed E-state index contributed by atoms with van der Waals surface area (Å²) in [5, 5.41) is 73.5. The van der Waals surface area contributed by atoms with Crippen LogP contribution in [0.1, 0.15) is 33.3 Å². The summed E-state index contributed by atoms with van der Waals surface area (Å²) in [6.45, 7) is 5.18. The lowest BCUT2D eigenvalue weighted by atomic mass is 9.89. The summed E-state index contributed by atoms with van der Waals surface area (Å²) in [5.74, 6) is -2.89. The second-order valence-corrected chi connectivity index (χ2v) is 13.0. The lowest BCUT2D eigenvalue weighted by molar-refractivity contribution is -0.315. The zero-order valence-corrected chi connectivity index (χ0v) is 29.2. The number of ether oxygens (including phenoxy) is 6. The minimum Gasteiger partial charge on any atom is -0.507 e. The maximum atomic E-state index is 14.3. The first-order valence-corrected chi connectivity index (χ1v) is 16.6. The van der Waals surface area contributed by atoms with Gasteiger partial charge in [-0.25, -0.2) is 0 Å². The van der Waals surface area contributed by atoms with Crippen LogP contribution in [0.25, 0.3) is 22.3 Å². The lowest BCUT2D eigenvalue weighted by Gasteiger charge is -2.44. The highest BCUT2D eigenvalue weighted by Crippen LogP contribution is 2.41. The van der Waals surface area contributed by atoms with Gasteiger partial charge in [-0.05, 0) is 51.5 Å². The monoisotopic (exact) mass is 732 g/mol. The smallest absolute Gasteiger partial charge is 0.303 e. The van der Waals surface area contributed by atoms with Crippen molar-refractivity contribution < 1.29 is 73.4 Å². The first-order chi connectivity index (χ1) is 24.7. The highest BCUT2D eigenvalue weighted by atomic mass is 16.7. The number of aliphatic hydroxyl groups excluding tert-OH is 5. The molecule has 0 bridgehead atoms. The third-order valence-electron chi connectivity index (χ3n) is 9.04. The van der Waals surface area contributed by atoms with E-state index >= 15 is 0 Å². The number of rotatable bonds is 11. The van der Waals surface area contributed by atoms with E-state index in [0.29, 0.717) is 11.3 Å². The molecule has 10 atom stereocenters. The quantitative estimate of drug-likeness (QED) is 0.108. The summed E-state index contributed by atoms with van der Waals surface area (Å²) in [4.78, 5) is 26.4. The molecule has 3 aromatic rings. The molecule has 7 N–H and O–H groups in total. The predicted octanol–water partition coefficient (Wildman–Crippen LogP) is 1.24. The fourth-order valence-corrected chi connectivity index (χ4v) is 6.22. The first kappa shape index (κ1) is 39.0. The fourth-order valence-electron chi connectivity index (χ4n) is 6.22. The minimum absolute atomic E-state index is 0.0997. The first-order valence-electron chi connectivity index (χ1n) is 16.6. The van der Waals surface area contributed by atoms with Gasteiger partial charge in [-0.15, -0.1) is 0 Å². The number of aliphatic hydroxyl groups is 5. The van der Waals surface area contributed by atoms with Gasteiger partial charge in [-0.1, -0.05) is 11.6 Å². The fraction of sp³-hybridized carbons (Fsp3) is 0.500. The van der Waals surface area contributed by atoms with Gasteiger partial charge >= 0.3 is 5.97 Å². The molecule has 0 spiro atoms. The van der Waals surface area contributed by atoms with E-state index in [1.807, 2.05) is 19.9 Å². The highest BCUT2D eigenvalue weighted by Gasteiger charge is 2.49. The third-order valence-corrected chi connectivity index (χ3v) is 9.04. The number of phenolic OH excluding ortho intramolecular Hbond substituents is 2. The number of phenols is 2. The molecule has 0 amide bonds. The molecule has 1 aromatic heterocycles. The Balaban J connectivity index is 1.57. The topological polar surface area (TPSA) is 244 Å². The van der Waals surface area contributed by atoms with Crippen LogP contribution in [-0.4, -0.2) is 117 Å². The Labute approximate surface area is 298 Å². The van der Waals surface area contributed by atoms with Crippen LogP contribution >= 0.6 is 0 Å². The third kappa shape index (κ3) is 7.89. The zero-order valence-electron chi connectivity index (χ0n) is 29.2. The van der Waals surface area contributed by atoms with Gasteiger partial charge in [0.15, 0.2) is 12.1 Å². The zero-order chi connectivity index (χ0) is 38.0. The van der Waals surface area contributed by atoms with E-state index in [9.17, 15) is 45.3 Å². The number of hydrogen-bond donors (Lipinski definition) is 7. The number of carbonyl (C=O) groups is 1. The van der Waals surface area contributed by atoms with Crippen LogP contribution in [0.2, 0.25) is 0 Å². The normalized spacial score (nSPS) is 29.0. The number of esters is 1. The van der Waals surface area contributed by atoms with Crippen LogP contribution in [0.5, 0.6) is 23.0 Å². The van der Waals surface area contributed by atoms with Gasteiger partial charge in [0, 0.05) is 24.1 Å². The van der Waals surface area contributed by atoms with Crippen LogP contribution in [0.15, 0.2) is 51.2 Å². The van der Waals surface area contributed by atoms with Crippen molar-refractivity contribution in [2.45, 2.75) is 89.4 Å². The van der Waals surface area contributed by atoms with Crippen LogP contribution in [0.3, 0.4) is 0 Å². The van der Waals surface area contributed by atoms with Crippen LogP contribution in [0.4, 0.5) is 0 Å². The van der Waals surface area contributed by atoms with Gasteiger partial charge in [0.1, 0.15) is 64.8 Å². The molecule has 0 saturated carbocycles.